The van der Waals surface area contributed by atoms with Gasteiger partial charge in [0.2, 0.25) is 5.91 Å². The molecule has 0 fully saturated rings. The van der Waals surface area contributed by atoms with Crippen LogP contribution in [0, 0.1) is 6.92 Å². The number of nitrogens with zero attached hydrogens (tertiary/aromatic N) is 1. The molecule has 0 saturated carbocycles. The number of carbonyl (C=O) groups is 1. The van der Waals surface area contributed by atoms with Gasteiger partial charge in [-0.25, -0.2) is 0 Å². The number of ether oxygens (including phenoxy) is 1. The summed E-state index contributed by atoms with van der Waals surface area (Å²) in [5.74, 6) is 0.697. The second-order valence-electron chi connectivity index (χ2n) is 6.39. The maximum absolute atomic E-state index is 12.6. The number of aryl methyl sites for hydroxylation is 1. The Labute approximate surface area is 161 Å². The molecule has 2 aromatic carbocycles. The predicted octanol–water partition coefficient (Wildman–Crippen LogP) is 3.97. The van der Waals surface area contributed by atoms with Crippen molar-refractivity contribution in [2.24, 2.45) is 0 Å². The molecular formula is C20H23F3N2O3. The Morgan fingerprint density at radius 1 is 1.14 bits per heavy atom. The van der Waals surface area contributed by atoms with Crippen LogP contribution in [0.1, 0.15) is 12.0 Å². The van der Waals surface area contributed by atoms with Crippen LogP contribution in [0.15, 0.2) is 48.5 Å². The summed E-state index contributed by atoms with van der Waals surface area (Å²) >= 11 is 0. The molecule has 152 valence electrons. The van der Waals surface area contributed by atoms with Crippen molar-refractivity contribution in [1.29, 1.82) is 0 Å². The second-order valence-corrected chi connectivity index (χ2v) is 6.39. The lowest BCUT2D eigenvalue weighted by Gasteiger charge is -2.22. The number of carbonyl (C=O) groups excluding carboxylic acids is 1. The molecule has 0 radical (unpaired) electrons. The van der Waals surface area contributed by atoms with Crippen LogP contribution >= 0.6 is 0 Å². The highest BCUT2D eigenvalue weighted by atomic mass is 19.4. The molecule has 0 spiro atoms. The first kappa shape index (κ1) is 21.7. The summed E-state index contributed by atoms with van der Waals surface area (Å²) in [6, 6.07) is 14.1. The van der Waals surface area contributed by atoms with Gasteiger partial charge in [-0.15, -0.1) is 0 Å². The third-order valence-electron chi connectivity index (χ3n) is 3.77. The first-order valence-electron chi connectivity index (χ1n) is 8.79. The molecule has 0 unspecified atom stereocenters. The summed E-state index contributed by atoms with van der Waals surface area (Å²) in [7, 11) is 0. The number of aliphatic hydroxyl groups is 1. The summed E-state index contributed by atoms with van der Waals surface area (Å²) in [6.45, 7) is 0.0734. The van der Waals surface area contributed by atoms with Gasteiger partial charge in [-0.3, -0.25) is 9.69 Å². The van der Waals surface area contributed by atoms with Crippen LogP contribution in [0.5, 0.6) is 11.5 Å². The Morgan fingerprint density at radius 2 is 1.86 bits per heavy atom. The Morgan fingerprint density at radius 3 is 2.46 bits per heavy atom. The fourth-order valence-corrected chi connectivity index (χ4v) is 2.59. The lowest BCUT2D eigenvalue weighted by atomic mass is 10.2. The van der Waals surface area contributed by atoms with E-state index in [0.29, 0.717) is 17.2 Å². The maximum atomic E-state index is 12.6. The summed E-state index contributed by atoms with van der Waals surface area (Å²) < 4.78 is 43.5. The van der Waals surface area contributed by atoms with Gasteiger partial charge in [-0.05, 0) is 55.3 Å². The number of aliphatic hydroxyl groups excluding tert-OH is 1. The zero-order valence-corrected chi connectivity index (χ0v) is 15.5. The van der Waals surface area contributed by atoms with E-state index in [4.69, 9.17) is 9.84 Å². The third-order valence-corrected chi connectivity index (χ3v) is 3.77. The molecule has 0 saturated heterocycles. The normalized spacial score (nSPS) is 11.5. The highest BCUT2D eigenvalue weighted by Crippen LogP contribution is 2.23. The smallest absolute Gasteiger partial charge is 0.401 e. The van der Waals surface area contributed by atoms with Crippen molar-refractivity contribution in [3.8, 4) is 11.5 Å². The predicted molar refractivity (Wildman–Crippen MR) is 101 cm³/mol. The molecule has 0 bridgehead atoms. The monoisotopic (exact) mass is 396 g/mol. The molecule has 0 aliphatic rings. The number of rotatable bonds is 9. The lowest BCUT2D eigenvalue weighted by molar-refractivity contribution is -0.148. The molecule has 0 heterocycles. The minimum Gasteiger partial charge on any atom is -0.457 e. The quantitative estimate of drug-likeness (QED) is 0.673. The standard InChI is InChI=1S/C20H23F3N2O3/c1-15-4-2-5-18(12-15)28-17-8-6-16(7-9-17)24-19(27)13-25(10-3-11-26)14-20(21,22)23/h2,4-9,12,26H,3,10-11,13-14H2,1H3,(H,24,27). The molecule has 1 amide bonds. The van der Waals surface area contributed by atoms with Gasteiger partial charge >= 0.3 is 6.18 Å². The fourth-order valence-electron chi connectivity index (χ4n) is 2.59. The summed E-state index contributed by atoms with van der Waals surface area (Å²) in [5, 5.41) is 11.4. The van der Waals surface area contributed by atoms with E-state index in [1.807, 2.05) is 31.2 Å². The van der Waals surface area contributed by atoms with E-state index >= 15 is 0 Å². The van der Waals surface area contributed by atoms with Gasteiger partial charge in [0.25, 0.3) is 0 Å². The van der Waals surface area contributed by atoms with Crippen molar-refractivity contribution in [2.45, 2.75) is 19.5 Å². The van der Waals surface area contributed by atoms with Crippen LogP contribution in [-0.2, 0) is 4.79 Å². The highest BCUT2D eigenvalue weighted by Gasteiger charge is 2.31. The average molecular weight is 396 g/mol. The van der Waals surface area contributed by atoms with E-state index in [9.17, 15) is 18.0 Å². The Balaban J connectivity index is 1.91. The summed E-state index contributed by atoms with van der Waals surface area (Å²) in [6.07, 6.45) is -4.25. The third kappa shape index (κ3) is 7.98. The molecule has 28 heavy (non-hydrogen) atoms. The molecule has 2 rings (SSSR count). The van der Waals surface area contributed by atoms with Crippen LogP contribution in [0.25, 0.3) is 0 Å². The summed E-state index contributed by atoms with van der Waals surface area (Å²) in [5.41, 5.74) is 1.52. The van der Waals surface area contributed by atoms with E-state index in [-0.39, 0.29) is 19.6 Å². The van der Waals surface area contributed by atoms with Gasteiger partial charge in [0, 0.05) is 18.8 Å². The minimum atomic E-state index is -4.41. The number of hydrogen-bond donors (Lipinski definition) is 2. The van der Waals surface area contributed by atoms with Crippen LogP contribution in [-0.4, -0.2) is 48.3 Å². The molecule has 0 aliphatic heterocycles. The van der Waals surface area contributed by atoms with E-state index in [1.54, 1.807) is 24.3 Å². The average Bonchev–Trinajstić information content (AvgIpc) is 2.60. The second kappa shape index (κ2) is 10.1. The van der Waals surface area contributed by atoms with E-state index < -0.39 is 25.2 Å². The van der Waals surface area contributed by atoms with E-state index in [2.05, 4.69) is 5.32 Å². The largest absolute Gasteiger partial charge is 0.457 e. The number of halogens is 3. The van der Waals surface area contributed by atoms with Crippen molar-refractivity contribution < 1.29 is 27.8 Å². The van der Waals surface area contributed by atoms with Crippen molar-refractivity contribution >= 4 is 11.6 Å². The van der Waals surface area contributed by atoms with Crippen LogP contribution < -0.4 is 10.1 Å². The molecule has 5 nitrogen and oxygen atoms in total. The molecule has 0 aliphatic carbocycles. The Bertz CT molecular complexity index is 764. The number of alkyl halides is 3. The number of anilines is 1. The van der Waals surface area contributed by atoms with Crippen molar-refractivity contribution in [3.05, 3.63) is 54.1 Å². The highest BCUT2D eigenvalue weighted by molar-refractivity contribution is 5.92. The Hall–Kier alpha value is -2.58. The van der Waals surface area contributed by atoms with Crippen molar-refractivity contribution in [2.75, 3.05) is 31.6 Å². The minimum absolute atomic E-state index is 0.0211. The zero-order valence-electron chi connectivity index (χ0n) is 15.5. The van der Waals surface area contributed by atoms with Gasteiger partial charge in [0.15, 0.2) is 0 Å². The van der Waals surface area contributed by atoms with Crippen LogP contribution in [0.4, 0.5) is 18.9 Å². The van der Waals surface area contributed by atoms with Crippen molar-refractivity contribution in [1.82, 2.24) is 4.90 Å². The first-order valence-corrected chi connectivity index (χ1v) is 8.79. The molecule has 0 atom stereocenters. The van der Waals surface area contributed by atoms with Gasteiger partial charge in [0.1, 0.15) is 11.5 Å². The number of amides is 1. The fraction of sp³-hybridized carbons (Fsp3) is 0.350. The number of nitrogens with one attached hydrogen (secondary N) is 1. The van der Waals surface area contributed by atoms with E-state index in [0.717, 1.165) is 10.5 Å². The number of hydrogen-bond acceptors (Lipinski definition) is 4. The van der Waals surface area contributed by atoms with Gasteiger partial charge in [-0.2, -0.15) is 13.2 Å². The topological polar surface area (TPSA) is 61.8 Å². The van der Waals surface area contributed by atoms with Gasteiger partial charge < -0.3 is 15.2 Å². The zero-order chi connectivity index (χ0) is 20.6. The Kier molecular flexibility index (Phi) is 7.83. The molecule has 8 heteroatoms. The van der Waals surface area contributed by atoms with E-state index in [1.165, 1.54) is 0 Å². The first-order chi connectivity index (χ1) is 13.2. The SMILES string of the molecule is Cc1cccc(Oc2ccc(NC(=O)CN(CCCO)CC(F)(F)F)cc2)c1. The van der Waals surface area contributed by atoms with Crippen LogP contribution in [0.2, 0.25) is 0 Å². The molecule has 2 aromatic rings. The molecule has 0 aromatic heterocycles. The van der Waals surface area contributed by atoms with Gasteiger partial charge in [0.05, 0.1) is 13.1 Å². The van der Waals surface area contributed by atoms with Crippen LogP contribution in [0.3, 0.4) is 0 Å². The number of benzene rings is 2. The van der Waals surface area contributed by atoms with Gasteiger partial charge in [-0.1, -0.05) is 12.1 Å². The maximum Gasteiger partial charge on any atom is 0.401 e. The molecule has 2 N–H and O–H groups in total. The lowest BCUT2D eigenvalue weighted by Crippen LogP contribution is -2.40. The molecular weight excluding hydrogens is 373 g/mol. The summed E-state index contributed by atoms with van der Waals surface area (Å²) in [4.78, 5) is 13.0. The van der Waals surface area contributed by atoms with Crippen molar-refractivity contribution in [3.63, 3.8) is 0 Å².